The Morgan fingerprint density at radius 1 is 0.952 bits per heavy atom. The quantitative estimate of drug-likeness (QED) is 0.265. The lowest BCUT2D eigenvalue weighted by molar-refractivity contribution is -0.384. The second-order valence-electron chi connectivity index (χ2n) is 3.49. The number of nitro benzene ring substituents is 1. The fraction of sp³-hybridized carbons (Fsp3) is 0. The van der Waals surface area contributed by atoms with Crippen LogP contribution in [-0.4, -0.2) is 4.92 Å². The Morgan fingerprint density at radius 3 is 1.95 bits per heavy atom. The van der Waals surface area contributed by atoms with Crippen LogP contribution in [0.1, 0.15) is 0 Å². The molecular formula is C6H4Cl5N4O3P3. The van der Waals surface area contributed by atoms with Crippen molar-refractivity contribution >= 4 is 80.5 Å². The van der Waals surface area contributed by atoms with Crippen LogP contribution in [0.2, 0.25) is 0 Å². The molecule has 0 saturated heterocycles. The predicted molar refractivity (Wildman–Crippen MR) is 91.0 cm³/mol. The van der Waals surface area contributed by atoms with E-state index in [1.807, 2.05) is 0 Å². The van der Waals surface area contributed by atoms with E-state index in [-0.39, 0.29) is 11.4 Å². The molecule has 1 aliphatic rings. The first-order valence-corrected chi connectivity index (χ1v) is 14.4. The average molecular weight is 450 g/mol. The van der Waals surface area contributed by atoms with Gasteiger partial charge in [0, 0.05) is 12.1 Å². The maximum absolute atomic E-state index is 10.6. The zero-order chi connectivity index (χ0) is 15.9. The molecule has 1 aromatic rings. The lowest BCUT2D eigenvalue weighted by Crippen LogP contribution is -1.89. The van der Waals surface area contributed by atoms with Crippen LogP contribution in [0.5, 0.6) is 5.75 Å². The maximum Gasteiger partial charge on any atom is 0.350 e. The Labute approximate surface area is 143 Å². The van der Waals surface area contributed by atoms with E-state index in [0.29, 0.717) is 0 Å². The summed E-state index contributed by atoms with van der Waals surface area (Å²) in [6, 6.07) is 5.15. The van der Waals surface area contributed by atoms with Gasteiger partial charge in [0.25, 0.3) is 17.5 Å². The highest BCUT2D eigenvalue weighted by molar-refractivity contribution is 8.22. The van der Waals surface area contributed by atoms with Crippen LogP contribution in [0.3, 0.4) is 0 Å². The van der Waals surface area contributed by atoms with Crippen LogP contribution in [-0.2, 0) is 0 Å². The first-order chi connectivity index (χ1) is 9.50. The summed E-state index contributed by atoms with van der Waals surface area (Å²) >= 11 is 29.7. The summed E-state index contributed by atoms with van der Waals surface area (Å²) in [4.78, 5) is 10.0. The molecule has 1 atom stereocenters. The Kier molecular flexibility index (Phi) is 5.30. The van der Waals surface area contributed by atoms with E-state index in [1.165, 1.54) is 24.3 Å². The average Bonchev–Trinajstić information content (AvgIpc) is 2.23. The smallest absolute Gasteiger partial charge is 0.350 e. The Morgan fingerprint density at radius 2 is 1.48 bits per heavy atom. The number of nitrogens with zero attached hydrogens (tertiary/aromatic N) is 4. The minimum atomic E-state index is -3.34. The van der Waals surface area contributed by atoms with Gasteiger partial charge in [-0.15, -0.1) is 0 Å². The van der Waals surface area contributed by atoms with Crippen molar-refractivity contribution in [3.05, 3.63) is 34.4 Å². The van der Waals surface area contributed by atoms with Crippen molar-refractivity contribution in [2.45, 2.75) is 0 Å². The molecule has 0 bridgehead atoms. The molecule has 0 spiro atoms. The number of nitro groups is 1. The van der Waals surface area contributed by atoms with Crippen LogP contribution in [0.4, 0.5) is 5.69 Å². The highest BCUT2D eigenvalue weighted by atomic mass is 35.9. The summed E-state index contributed by atoms with van der Waals surface area (Å²) in [5.41, 5.74) is -0.107. The Bertz CT molecular complexity index is 746. The van der Waals surface area contributed by atoms with Crippen LogP contribution in [0.15, 0.2) is 37.8 Å². The van der Waals surface area contributed by atoms with Crippen molar-refractivity contribution in [3.8, 4) is 5.75 Å². The molecule has 0 saturated carbocycles. The molecule has 116 valence electrons. The van der Waals surface area contributed by atoms with Gasteiger partial charge in [0.2, 0.25) is 0 Å². The summed E-state index contributed by atoms with van der Waals surface area (Å²) in [6.45, 7) is -3.34. The molecule has 1 heterocycles. The van der Waals surface area contributed by atoms with E-state index >= 15 is 0 Å². The van der Waals surface area contributed by atoms with E-state index in [9.17, 15) is 10.1 Å². The molecule has 7 nitrogen and oxygen atoms in total. The predicted octanol–water partition coefficient (Wildman–Crippen LogP) is 8.02. The standard InChI is InChI=1S/C6H4Cl5N4O3P3/c7-19(8)12-20(9,10)14-21(11,13-19)18-6-3-1-5(2-4-6)15(16)17/h1-4H. The molecule has 0 aromatic heterocycles. The normalized spacial score (nSPS) is 26.0. The van der Waals surface area contributed by atoms with Crippen molar-refractivity contribution < 1.29 is 9.45 Å². The number of non-ortho nitro benzene ring substituents is 1. The van der Waals surface area contributed by atoms with Gasteiger partial charge in [-0.05, 0) is 68.3 Å². The molecule has 0 amide bonds. The fourth-order valence-corrected chi connectivity index (χ4v) is 17.8. The second kappa shape index (κ2) is 6.22. The highest BCUT2D eigenvalue weighted by Gasteiger charge is 2.34. The molecule has 1 aromatic carbocycles. The largest absolute Gasteiger partial charge is 0.431 e. The summed E-state index contributed by atoms with van der Waals surface area (Å²) in [5, 5.41) is 10.6. The van der Waals surface area contributed by atoms with Gasteiger partial charge in [-0.25, -0.2) is 0 Å². The summed E-state index contributed by atoms with van der Waals surface area (Å²) < 4.78 is 16.9. The number of halogens is 5. The molecule has 0 fully saturated rings. The third-order valence-electron chi connectivity index (χ3n) is 1.92. The van der Waals surface area contributed by atoms with Gasteiger partial charge in [0.05, 0.1) is 4.92 Å². The topological polar surface area (TPSA) is 89.5 Å². The van der Waals surface area contributed by atoms with Gasteiger partial charge >= 0.3 is 6.78 Å². The molecular weight excluding hydrogens is 446 g/mol. The van der Waals surface area contributed by atoms with Crippen LogP contribution in [0.25, 0.3) is 0 Å². The van der Waals surface area contributed by atoms with E-state index in [1.54, 1.807) is 0 Å². The minimum Gasteiger partial charge on any atom is -0.431 e. The third-order valence-corrected chi connectivity index (χ3v) is 13.9. The Balaban J connectivity index is 2.39. The summed E-state index contributed by atoms with van der Waals surface area (Å²) in [5.74, 6) is -6.15. The van der Waals surface area contributed by atoms with Crippen molar-refractivity contribution in [2.24, 2.45) is 13.5 Å². The number of benzene rings is 1. The lowest BCUT2D eigenvalue weighted by atomic mass is 10.3. The van der Waals surface area contributed by atoms with Crippen molar-refractivity contribution in [2.75, 3.05) is 0 Å². The molecule has 0 aliphatic carbocycles. The third kappa shape index (κ3) is 5.02. The van der Waals surface area contributed by atoms with Gasteiger partial charge in [-0.3, -0.25) is 10.1 Å². The first kappa shape index (κ1) is 17.9. The van der Waals surface area contributed by atoms with Crippen molar-refractivity contribution in [1.29, 1.82) is 0 Å². The minimum absolute atomic E-state index is 0.107. The van der Waals surface area contributed by atoms with E-state index in [0.717, 1.165) is 0 Å². The lowest BCUT2D eigenvalue weighted by Gasteiger charge is -2.21. The van der Waals surface area contributed by atoms with E-state index in [4.69, 9.17) is 60.7 Å². The van der Waals surface area contributed by atoms with Gasteiger partial charge < -0.3 is 4.52 Å². The molecule has 2 rings (SSSR count). The number of hydrogen-bond acceptors (Lipinski definition) is 6. The van der Waals surface area contributed by atoms with Gasteiger partial charge in [-0.1, -0.05) is 0 Å². The van der Waals surface area contributed by atoms with Gasteiger partial charge in [-0.2, -0.15) is 13.5 Å². The van der Waals surface area contributed by atoms with Gasteiger partial charge in [0.1, 0.15) is 5.75 Å². The zero-order valence-corrected chi connectivity index (χ0v) is 16.0. The monoisotopic (exact) mass is 448 g/mol. The maximum atomic E-state index is 10.6. The molecule has 15 heteroatoms. The first-order valence-electron chi connectivity index (χ1n) is 4.84. The SMILES string of the molecule is O=[N+]([O-])c1ccc(OP2(Cl)=NP(Cl)(Cl)=NP(Cl)(Cl)=N2)cc1. The zero-order valence-electron chi connectivity index (χ0n) is 9.55. The highest BCUT2D eigenvalue weighted by Crippen LogP contribution is 2.86. The van der Waals surface area contributed by atoms with Crippen molar-refractivity contribution in [1.82, 2.24) is 0 Å². The molecule has 0 radical (unpaired) electrons. The Hall–Kier alpha value is 0.560. The molecule has 1 unspecified atom stereocenters. The second-order valence-corrected chi connectivity index (χ2v) is 16.6. The van der Waals surface area contributed by atoms with E-state index in [2.05, 4.69) is 13.5 Å². The summed E-state index contributed by atoms with van der Waals surface area (Å²) in [7, 11) is 0. The number of hydrogen-bond donors (Lipinski definition) is 0. The number of rotatable bonds is 3. The van der Waals surface area contributed by atoms with Crippen LogP contribution < -0.4 is 4.52 Å². The molecule has 0 N–H and O–H groups in total. The van der Waals surface area contributed by atoms with E-state index < -0.39 is 23.5 Å². The van der Waals surface area contributed by atoms with Crippen LogP contribution in [0, 0.1) is 10.1 Å². The van der Waals surface area contributed by atoms with Gasteiger partial charge in [0.15, 0.2) is 0 Å². The summed E-state index contributed by atoms with van der Waals surface area (Å²) in [6.07, 6.45) is 0. The van der Waals surface area contributed by atoms with Crippen LogP contribution >= 0.6 is 74.8 Å². The van der Waals surface area contributed by atoms with Crippen molar-refractivity contribution in [3.63, 3.8) is 0 Å². The molecule has 21 heavy (non-hydrogen) atoms. The fourth-order valence-electron chi connectivity index (χ4n) is 1.25. The molecule has 1 aliphatic heterocycles.